The van der Waals surface area contributed by atoms with Crippen molar-refractivity contribution in [1.82, 2.24) is 0 Å². The molecule has 1 atom stereocenters. The van der Waals surface area contributed by atoms with Crippen LogP contribution in [0.25, 0.3) is 82.0 Å². The van der Waals surface area contributed by atoms with Crippen LogP contribution in [0.5, 0.6) is 0 Å². The molecule has 0 nitrogen and oxygen atoms in total. The van der Waals surface area contributed by atoms with Gasteiger partial charge in [0.25, 0.3) is 0 Å². The summed E-state index contributed by atoms with van der Waals surface area (Å²) in [6.07, 6.45) is 14.9. The molecule has 0 bridgehead atoms. The maximum Gasteiger partial charge on any atom is 0.00618 e. The van der Waals surface area contributed by atoms with Gasteiger partial charge in [-0.25, -0.2) is 0 Å². The molecule has 0 radical (unpaired) electrons. The molecule has 1 unspecified atom stereocenters. The van der Waals surface area contributed by atoms with Crippen molar-refractivity contribution in [2.75, 3.05) is 0 Å². The molecule has 0 heterocycles. The van der Waals surface area contributed by atoms with Crippen molar-refractivity contribution in [3.05, 3.63) is 199 Å². The number of hydrogen-bond donors (Lipinski definition) is 0. The van der Waals surface area contributed by atoms with E-state index in [1.54, 1.807) is 0 Å². The first-order valence-electron chi connectivity index (χ1n) is 17.6. The van der Waals surface area contributed by atoms with Gasteiger partial charge >= 0.3 is 0 Å². The maximum absolute atomic E-state index is 2.46. The highest BCUT2D eigenvalue weighted by Gasteiger charge is 2.24. The zero-order chi connectivity index (χ0) is 33.0. The molecule has 8 aromatic rings. The molecule has 0 aliphatic heterocycles. The number of hydrogen-bond acceptors (Lipinski definition) is 0. The summed E-state index contributed by atoms with van der Waals surface area (Å²) in [6.45, 7) is 0. The second-order valence-electron chi connectivity index (χ2n) is 13.6. The third kappa shape index (κ3) is 4.68. The Labute approximate surface area is 292 Å². The minimum atomic E-state index is 0.384. The SMILES string of the molecule is C1=CC2=C(c3c4cc(-c5ccc6ccccc6c5)ccc4c(-c4cccc5ccccc45)c4cc(-c5ccccc5)ccc34)C=CCC2C=C1. The highest BCUT2D eigenvalue weighted by atomic mass is 14.3. The Morgan fingerprint density at radius 2 is 1.06 bits per heavy atom. The van der Waals surface area contributed by atoms with Gasteiger partial charge in [-0.2, -0.15) is 0 Å². The lowest BCUT2D eigenvalue weighted by atomic mass is 9.77. The van der Waals surface area contributed by atoms with E-state index in [1.807, 2.05) is 0 Å². The van der Waals surface area contributed by atoms with Gasteiger partial charge in [0.05, 0.1) is 0 Å². The lowest BCUT2D eigenvalue weighted by Crippen LogP contribution is -2.07. The molecule has 0 fully saturated rings. The molecular formula is C50H34. The predicted molar refractivity (Wildman–Crippen MR) is 215 cm³/mol. The fourth-order valence-electron chi connectivity index (χ4n) is 8.35. The van der Waals surface area contributed by atoms with Gasteiger partial charge in [-0.05, 0) is 118 Å². The Morgan fingerprint density at radius 3 is 1.92 bits per heavy atom. The van der Waals surface area contributed by atoms with Crippen molar-refractivity contribution < 1.29 is 0 Å². The van der Waals surface area contributed by atoms with Gasteiger partial charge in [-0.15, -0.1) is 0 Å². The van der Waals surface area contributed by atoms with E-state index in [1.165, 1.54) is 93.2 Å². The smallest absolute Gasteiger partial charge is 0.00618 e. The van der Waals surface area contributed by atoms with E-state index >= 15 is 0 Å². The van der Waals surface area contributed by atoms with Crippen LogP contribution in [-0.4, -0.2) is 0 Å². The van der Waals surface area contributed by atoms with Crippen LogP contribution in [-0.2, 0) is 0 Å². The molecular weight excluding hydrogens is 601 g/mol. The van der Waals surface area contributed by atoms with Crippen molar-refractivity contribution >= 4 is 48.7 Å². The molecule has 0 saturated heterocycles. The monoisotopic (exact) mass is 634 g/mol. The Morgan fingerprint density at radius 1 is 0.400 bits per heavy atom. The second kappa shape index (κ2) is 11.7. The third-order valence-electron chi connectivity index (χ3n) is 10.8. The van der Waals surface area contributed by atoms with Gasteiger partial charge in [0.15, 0.2) is 0 Å². The molecule has 234 valence electrons. The molecule has 2 aliphatic carbocycles. The van der Waals surface area contributed by atoms with Crippen molar-refractivity contribution in [1.29, 1.82) is 0 Å². The Hall–Kier alpha value is -6.24. The van der Waals surface area contributed by atoms with E-state index in [4.69, 9.17) is 0 Å². The third-order valence-corrected chi connectivity index (χ3v) is 10.8. The average molecular weight is 635 g/mol. The fourth-order valence-corrected chi connectivity index (χ4v) is 8.35. The Balaban J connectivity index is 1.36. The van der Waals surface area contributed by atoms with Crippen LogP contribution in [0.1, 0.15) is 12.0 Å². The molecule has 0 amide bonds. The first-order chi connectivity index (χ1) is 24.8. The van der Waals surface area contributed by atoms with E-state index in [9.17, 15) is 0 Å². The molecule has 0 aromatic heterocycles. The van der Waals surface area contributed by atoms with Crippen LogP contribution in [0, 0.1) is 5.92 Å². The van der Waals surface area contributed by atoms with E-state index in [0.29, 0.717) is 5.92 Å². The molecule has 50 heavy (non-hydrogen) atoms. The lowest BCUT2D eigenvalue weighted by Gasteiger charge is -2.26. The summed E-state index contributed by atoms with van der Waals surface area (Å²) in [6, 6.07) is 56.2. The van der Waals surface area contributed by atoms with E-state index < -0.39 is 0 Å². The normalized spacial score (nSPS) is 15.4. The zero-order valence-electron chi connectivity index (χ0n) is 27.7. The molecule has 0 heteroatoms. The van der Waals surface area contributed by atoms with Crippen molar-refractivity contribution in [3.63, 3.8) is 0 Å². The standard InChI is InChI=1S/C50H34/c1-2-12-33(13-3-1)39-26-28-45-47(31-39)49(43-22-10-18-35-15-6-8-20-41(35)43)46-29-27-40(38-25-24-34-14-4-5-17-37(34)30-38)32-48(46)50(45)44-23-11-19-36-16-7-9-21-42(36)44/h1-18,20-32,36H,19H2. The highest BCUT2D eigenvalue weighted by Crippen LogP contribution is 2.48. The molecule has 0 N–H and O–H groups in total. The fraction of sp³-hybridized carbons (Fsp3) is 0.0400. The summed E-state index contributed by atoms with van der Waals surface area (Å²) in [5.41, 5.74) is 11.5. The Kier molecular flexibility index (Phi) is 6.74. The average Bonchev–Trinajstić information content (AvgIpc) is 3.19. The number of fused-ring (bicyclic) bond motifs is 5. The van der Waals surface area contributed by atoms with Crippen LogP contribution in [0.3, 0.4) is 0 Å². The van der Waals surface area contributed by atoms with Crippen LogP contribution in [0.15, 0.2) is 194 Å². The first-order valence-corrected chi connectivity index (χ1v) is 17.6. The minimum Gasteiger partial charge on any atom is -0.0830 e. The quantitative estimate of drug-likeness (QED) is 0.169. The summed E-state index contributed by atoms with van der Waals surface area (Å²) in [5, 5.41) is 10.2. The largest absolute Gasteiger partial charge is 0.0830 e. The lowest BCUT2D eigenvalue weighted by molar-refractivity contribution is 0.784. The second-order valence-corrected chi connectivity index (χ2v) is 13.6. The number of allylic oxidation sites excluding steroid dienone is 8. The number of benzene rings is 8. The molecule has 10 rings (SSSR count). The first kappa shape index (κ1) is 28.7. The molecule has 0 spiro atoms. The van der Waals surface area contributed by atoms with Gasteiger partial charge in [-0.3, -0.25) is 0 Å². The molecule has 0 saturated carbocycles. The van der Waals surface area contributed by atoms with Gasteiger partial charge in [-0.1, -0.05) is 170 Å². The van der Waals surface area contributed by atoms with E-state index in [-0.39, 0.29) is 0 Å². The van der Waals surface area contributed by atoms with Crippen molar-refractivity contribution in [2.24, 2.45) is 5.92 Å². The molecule has 2 aliphatic rings. The summed E-state index contributed by atoms with van der Waals surface area (Å²) in [5.74, 6) is 0.384. The van der Waals surface area contributed by atoms with Gasteiger partial charge in [0.1, 0.15) is 0 Å². The van der Waals surface area contributed by atoms with Gasteiger partial charge < -0.3 is 0 Å². The predicted octanol–water partition coefficient (Wildman–Crippen LogP) is 13.8. The summed E-state index contributed by atoms with van der Waals surface area (Å²) in [4.78, 5) is 0. The van der Waals surface area contributed by atoms with Crippen molar-refractivity contribution in [2.45, 2.75) is 6.42 Å². The van der Waals surface area contributed by atoms with Crippen LogP contribution in [0.4, 0.5) is 0 Å². The number of rotatable bonds is 4. The van der Waals surface area contributed by atoms with E-state index in [0.717, 1.165) is 6.42 Å². The van der Waals surface area contributed by atoms with Crippen molar-refractivity contribution in [3.8, 4) is 33.4 Å². The molecule has 8 aromatic carbocycles. The maximum atomic E-state index is 2.46. The summed E-state index contributed by atoms with van der Waals surface area (Å²) >= 11 is 0. The zero-order valence-corrected chi connectivity index (χ0v) is 27.7. The van der Waals surface area contributed by atoms with Crippen LogP contribution >= 0.6 is 0 Å². The highest BCUT2D eigenvalue weighted by molar-refractivity contribution is 6.23. The summed E-state index contributed by atoms with van der Waals surface area (Å²) in [7, 11) is 0. The topological polar surface area (TPSA) is 0 Å². The van der Waals surface area contributed by atoms with Gasteiger partial charge in [0.2, 0.25) is 0 Å². The Bertz CT molecular complexity index is 2760. The van der Waals surface area contributed by atoms with Crippen LogP contribution < -0.4 is 0 Å². The van der Waals surface area contributed by atoms with E-state index in [2.05, 4.69) is 188 Å². The minimum absolute atomic E-state index is 0.384. The van der Waals surface area contributed by atoms with Crippen LogP contribution in [0.2, 0.25) is 0 Å². The summed E-state index contributed by atoms with van der Waals surface area (Å²) < 4.78 is 0. The van der Waals surface area contributed by atoms with Gasteiger partial charge in [0, 0.05) is 5.92 Å².